The van der Waals surface area contributed by atoms with E-state index in [-0.39, 0.29) is 11.9 Å². The predicted molar refractivity (Wildman–Crippen MR) is 116 cm³/mol. The minimum atomic E-state index is -0.113. The lowest BCUT2D eigenvalue weighted by Crippen LogP contribution is -2.49. The van der Waals surface area contributed by atoms with E-state index < -0.39 is 0 Å². The van der Waals surface area contributed by atoms with Crippen molar-refractivity contribution in [2.45, 2.75) is 32.0 Å². The van der Waals surface area contributed by atoms with E-state index in [1.165, 1.54) is 0 Å². The number of aromatic nitrogens is 4. The van der Waals surface area contributed by atoms with E-state index >= 15 is 0 Å². The summed E-state index contributed by atoms with van der Waals surface area (Å²) in [7, 11) is 1.79. The summed E-state index contributed by atoms with van der Waals surface area (Å²) in [5.41, 5.74) is 3.42. The van der Waals surface area contributed by atoms with Gasteiger partial charge in [0.2, 0.25) is 11.9 Å². The third-order valence-electron chi connectivity index (χ3n) is 5.79. The summed E-state index contributed by atoms with van der Waals surface area (Å²) < 4.78 is 1.84. The molecule has 156 valence electrons. The Kier molecular flexibility index (Phi) is 4.75. The van der Waals surface area contributed by atoms with E-state index in [1.54, 1.807) is 24.2 Å². The smallest absolute Gasteiger partial charge is 0.249 e. The number of amides is 1. The number of hydrogen-bond donors (Lipinski definition) is 1. The Balaban J connectivity index is 1.28. The number of benzene rings is 1. The Bertz CT molecular complexity index is 1180. The highest BCUT2D eigenvalue weighted by atomic mass is 16.2. The van der Waals surface area contributed by atoms with Gasteiger partial charge in [-0.15, -0.1) is 0 Å². The standard InChI is InChI=1S/C22H22N8O/c1-28-19-12-25-22(27-20(19)30-7-3-6-18(30)21(28)31)24-10-17-11-26-29(14-17)13-16-5-2-4-15(8-16)9-23/h2,4-5,8,11-12,14,18H,3,6-7,10,13H2,1H3,(H,24,25,27)/t18-/m0/s1. The van der Waals surface area contributed by atoms with Gasteiger partial charge < -0.3 is 15.1 Å². The lowest BCUT2D eigenvalue weighted by atomic mass is 10.1. The predicted octanol–water partition coefficient (Wildman–Crippen LogP) is 2.15. The van der Waals surface area contributed by atoms with E-state index in [0.717, 1.165) is 42.0 Å². The van der Waals surface area contributed by atoms with Crippen molar-refractivity contribution in [2.24, 2.45) is 0 Å². The number of anilines is 3. The lowest BCUT2D eigenvalue weighted by Gasteiger charge is -2.36. The first-order valence-corrected chi connectivity index (χ1v) is 10.3. The minimum Gasteiger partial charge on any atom is -0.350 e. The normalized spacial score (nSPS) is 17.3. The van der Waals surface area contributed by atoms with Crippen LogP contribution in [0.1, 0.15) is 29.5 Å². The fourth-order valence-corrected chi connectivity index (χ4v) is 4.21. The van der Waals surface area contributed by atoms with Gasteiger partial charge in [0.15, 0.2) is 5.82 Å². The van der Waals surface area contributed by atoms with E-state index in [0.29, 0.717) is 24.6 Å². The molecule has 1 aromatic carbocycles. The maximum Gasteiger partial charge on any atom is 0.249 e. The number of likely N-dealkylation sites (N-methyl/N-ethyl adjacent to an activating group) is 1. The number of nitriles is 1. The molecule has 1 N–H and O–H groups in total. The van der Waals surface area contributed by atoms with Gasteiger partial charge >= 0.3 is 0 Å². The first-order valence-electron chi connectivity index (χ1n) is 10.3. The van der Waals surface area contributed by atoms with Crippen molar-refractivity contribution in [1.29, 1.82) is 5.26 Å². The van der Waals surface area contributed by atoms with Gasteiger partial charge in [-0.2, -0.15) is 15.3 Å². The first-order chi connectivity index (χ1) is 15.1. The lowest BCUT2D eigenvalue weighted by molar-refractivity contribution is -0.119. The van der Waals surface area contributed by atoms with E-state index in [1.807, 2.05) is 35.3 Å². The molecule has 0 unspecified atom stereocenters. The zero-order valence-corrected chi connectivity index (χ0v) is 17.2. The number of hydrogen-bond acceptors (Lipinski definition) is 7. The summed E-state index contributed by atoms with van der Waals surface area (Å²) in [6.45, 7) is 1.98. The van der Waals surface area contributed by atoms with Crippen LogP contribution >= 0.6 is 0 Å². The molecule has 0 radical (unpaired) electrons. The van der Waals surface area contributed by atoms with Crippen molar-refractivity contribution in [1.82, 2.24) is 19.7 Å². The monoisotopic (exact) mass is 414 g/mol. The summed E-state index contributed by atoms with van der Waals surface area (Å²) in [6.07, 6.45) is 7.34. The van der Waals surface area contributed by atoms with Crippen LogP contribution in [-0.2, 0) is 17.9 Å². The van der Waals surface area contributed by atoms with Gasteiger partial charge in [-0.05, 0) is 30.5 Å². The molecule has 4 heterocycles. The van der Waals surface area contributed by atoms with Crippen LogP contribution in [0.2, 0.25) is 0 Å². The van der Waals surface area contributed by atoms with Gasteiger partial charge in [-0.1, -0.05) is 12.1 Å². The number of carbonyl (C=O) groups excluding carboxylic acids is 1. The second-order valence-corrected chi connectivity index (χ2v) is 7.86. The molecule has 9 heteroatoms. The molecule has 1 saturated heterocycles. The molecule has 2 aliphatic rings. The van der Waals surface area contributed by atoms with Crippen molar-refractivity contribution in [2.75, 3.05) is 28.7 Å². The quantitative estimate of drug-likeness (QED) is 0.682. The third kappa shape index (κ3) is 3.57. The highest BCUT2D eigenvalue weighted by Gasteiger charge is 2.40. The highest BCUT2D eigenvalue weighted by Crippen LogP contribution is 2.37. The average Bonchev–Trinajstić information content (AvgIpc) is 3.46. The Morgan fingerprint density at radius 2 is 2.19 bits per heavy atom. The van der Waals surface area contributed by atoms with Crippen molar-refractivity contribution < 1.29 is 4.79 Å². The minimum absolute atomic E-state index is 0.113. The van der Waals surface area contributed by atoms with Gasteiger partial charge in [0.25, 0.3) is 0 Å². The largest absolute Gasteiger partial charge is 0.350 e. The summed E-state index contributed by atoms with van der Waals surface area (Å²) in [4.78, 5) is 25.4. The summed E-state index contributed by atoms with van der Waals surface area (Å²) in [6, 6.07) is 9.56. The van der Waals surface area contributed by atoms with Gasteiger partial charge in [-0.3, -0.25) is 9.48 Å². The van der Waals surface area contributed by atoms with Crippen LogP contribution in [0.4, 0.5) is 17.5 Å². The topological polar surface area (TPSA) is 103 Å². The number of rotatable bonds is 5. The Morgan fingerprint density at radius 3 is 3.06 bits per heavy atom. The molecule has 0 bridgehead atoms. The maximum absolute atomic E-state index is 12.5. The molecule has 31 heavy (non-hydrogen) atoms. The molecule has 3 aromatic rings. The van der Waals surface area contributed by atoms with Crippen LogP contribution in [-0.4, -0.2) is 45.3 Å². The third-order valence-corrected chi connectivity index (χ3v) is 5.79. The first kappa shape index (κ1) is 19.1. The van der Waals surface area contributed by atoms with Gasteiger partial charge in [0.1, 0.15) is 11.7 Å². The van der Waals surface area contributed by atoms with Crippen LogP contribution in [0.3, 0.4) is 0 Å². The molecule has 0 spiro atoms. The maximum atomic E-state index is 12.5. The summed E-state index contributed by atoms with van der Waals surface area (Å²) in [5, 5.41) is 16.7. The van der Waals surface area contributed by atoms with Crippen LogP contribution < -0.4 is 15.1 Å². The van der Waals surface area contributed by atoms with Crippen LogP contribution in [0.5, 0.6) is 0 Å². The van der Waals surface area contributed by atoms with Crippen LogP contribution in [0, 0.1) is 11.3 Å². The van der Waals surface area contributed by atoms with Gasteiger partial charge in [-0.25, -0.2) is 4.98 Å². The molecule has 1 fully saturated rings. The SMILES string of the molecule is CN1C(=O)[C@@H]2CCCN2c2nc(NCc3cnn(Cc4cccc(C#N)c4)c3)ncc21. The van der Waals surface area contributed by atoms with E-state index in [4.69, 9.17) is 10.2 Å². The van der Waals surface area contributed by atoms with Gasteiger partial charge in [0, 0.05) is 31.9 Å². The van der Waals surface area contributed by atoms with Crippen molar-refractivity contribution in [3.05, 3.63) is 59.5 Å². The second kappa shape index (κ2) is 7.72. The number of nitrogens with zero attached hydrogens (tertiary/aromatic N) is 7. The van der Waals surface area contributed by atoms with Crippen molar-refractivity contribution in [3.63, 3.8) is 0 Å². The van der Waals surface area contributed by atoms with Crippen LogP contribution in [0.15, 0.2) is 42.9 Å². The molecule has 0 saturated carbocycles. The fraction of sp³-hybridized carbons (Fsp3) is 0.318. The molecular weight excluding hydrogens is 392 g/mol. The second-order valence-electron chi connectivity index (χ2n) is 7.86. The molecule has 0 aliphatic carbocycles. The Hall–Kier alpha value is -3.93. The number of nitrogens with one attached hydrogen (secondary N) is 1. The van der Waals surface area contributed by atoms with Crippen LogP contribution in [0.25, 0.3) is 0 Å². The molecular formula is C22H22N8O. The molecule has 2 aliphatic heterocycles. The number of carbonyl (C=O) groups is 1. The van der Waals surface area contributed by atoms with E-state index in [2.05, 4.69) is 26.4 Å². The molecule has 9 nitrogen and oxygen atoms in total. The summed E-state index contributed by atoms with van der Waals surface area (Å²) in [5.74, 6) is 1.46. The van der Waals surface area contributed by atoms with E-state index in [9.17, 15) is 4.79 Å². The average molecular weight is 414 g/mol. The van der Waals surface area contributed by atoms with Crippen molar-refractivity contribution >= 4 is 23.4 Å². The molecule has 2 aromatic heterocycles. The Labute approximate surface area is 179 Å². The Morgan fingerprint density at radius 1 is 1.29 bits per heavy atom. The number of fused-ring (bicyclic) bond motifs is 3. The van der Waals surface area contributed by atoms with Gasteiger partial charge in [0.05, 0.1) is 30.6 Å². The molecule has 1 atom stereocenters. The fourth-order valence-electron chi connectivity index (χ4n) is 4.21. The summed E-state index contributed by atoms with van der Waals surface area (Å²) >= 11 is 0. The van der Waals surface area contributed by atoms with Crippen molar-refractivity contribution in [3.8, 4) is 6.07 Å². The highest BCUT2D eigenvalue weighted by molar-refractivity contribution is 6.04. The molecule has 1 amide bonds. The zero-order valence-electron chi connectivity index (χ0n) is 17.2. The zero-order chi connectivity index (χ0) is 21.4. The molecule has 5 rings (SSSR count).